The predicted molar refractivity (Wildman–Crippen MR) is 90.1 cm³/mol. The third-order valence-electron chi connectivity index (χ3n) is 3.12. The van der Waals surface area contributed by atoms with Gasteiger partial charge in [0.15, 0.2) is 0 Å². The second kappa shape index (κ2) is 8.42. The number of rotatable bonds is 7. The summed E-state index contributed by atoms with van der Waals surface area (Å²) in [4.78, 5) is 21.9. The fourth-order valence-electron chi connectivity index (χ4n) is 2.01. The normalized spacial score (nSPS) is 10.5. The summed E-state index contributed by atoms with van der Waals surface area (Å²) in [5, 5.41) is 14.5. The van der Waals surface area contributed by atoms with E-state index in [0.29, 0.717) is 17.9 Å². The van der Waals surface area contributed by atoms with E-state index in [1.54, 1.807) is 12.1 Å². The topological polar surface area (TPSA) is 93.8 Å². The molecule has 0 fully saturated rings. The number of nitro benzene ring substituents is 1. The number of carbonyl (C=O) groups is 1. The summed E-state index contributed by atoms with van der Waals surface area (Å²) in [6.07, 6.45) is 1.60. The first-order chi connectivity index (χ1) is 11.6. The van der Waals surface area contributed by atoms with Crippen LogP contribution in [0, 0.1) is 10.1 Å². The molecule has 2 rings (SSSR count). The van der Waals surface area contributed by atoms with Gasteiger partial charge in [-0.25, -0.2) is 5.43 Å². The van der Waals surface area contributed by atoms with E-state index in [-0.39, 0.29) is 18.0 Å². The molecule has 0 aliphatic rings. The van der Waals surface area contributed by atoms with Gasteiger partial charge in [0.1, 0.15) is 5.75 Å². The van der Waals surface area contributed by atoms with Crippen LogP contribution in [0.25, 0.3) is 0 Å². The number of carbonyl (C=O) groups excluding carboxylic acids is 1. The number of hydrazone groups is 1. The van der Waals surface area contributed by atoms with Crippen LogP contribution < -0.4 is 10.2 Å². The van der Waals surface area contributed by atoms with E-state index >= 15 is 0 Å². The van der Waals surface area contributed by atoms with Crippen molar-refractivity contribution < 1.29 is 14.5 Å². The van der Waals surface area contributed by atoms with E-state index in [9.17, 15) is 14.9 Å². The second-order valence-corrected chi connectivity index (χ2v) is 4.86. The Morgan fingerprint density at radius 3 is 2.62 bits per heavy atom. The lowest BCUT2D eigenvalue weighted by molar-refractivity contribution is -0.384. The van der Waals surface area contributed by atoms with E-state index in [0.717, 1.165) is 5.56 Å². The SMILES string of the molecule is CCOc1ccccc1C=NNC(=O)Cc1ccc([N+](=O)[O-])cc1. The standard InChI is InChI=1S/C17H17N3O4/c1-2-24-16-6-4-3-5-14(16)12-18-19-17(21)11-13-7-9-15(10-8-13)20(22)23/h3-10,12H,2,11H2,1H3,(H,19,21). The molecule has 0 saturated carbocycles. The third-order valence-corrected chi connectivity index (χ3v) is 3.12. The first kappa shape index (κ1) is 17.1. The maximum Gasteiger partial charge on any atom is 0.269 e. The maximum absolute atomic E-state index is 11.8. The molecule has 0 heterocycles. The van der Waals surface area contributed by atoms with Crippen molar-refractivity contribution in [3.63, 3.8) is 0 Å². The highest BCUT2D eigenvalue weighted by molar-refractivity contribution is 5.85. The first-order valence-corrected chi connectivity index (χ1v) is 7.37. The summed E-state index contributed by atoms with van der Waals surface area (Å²) in [7, 11) is 0. The van der Waals surface area contributed by atoms with Gasteiger partial charge >= 0.3 is 0 Å². The number of hydrogen-bond acceptors (Lipinski definition) is 5. The van der Waals surface area contributed by atoms with Crippen LogP contribution in [0.3, 0.4) is 0 Å². The molecule has 7 heteroatoms. The van der Waals surface area contributed by atoms with Crippen LogP contribution in [0.1, 0.15) is 18.1 Å². The van der Waals surface area contributed by atoms with Crippen molar-refractivity contribution >= 4 is 17.8 Å². The van der Waals surface area contributed by atoms with E-state index < -0.39 is 4.92 Å². The molecular formula is C17H17N3O4. The Morgan fingerprint density at radius 1 is 1.25 bits per heavy atom. The molecule has 7 nitrogen and oxygen atoms in total. The van der Waals surface area contributed by atoms with Crippen LogP contribution in [-0.4, -0.2) is 23.7 Å². The molecule has 0 unspecified atom stereocenters. The number of hydrogen-bond donors (Lipinski definition) is 1. The number of para-hydroxylation sites is 1. The fraction of sp³-hybridized carbons (Fsp3) is 0.176. The molecule has 0 spiro atoms. The van der Waals surface area contributed by atoms with Crippen molar-refractivity contribution in [1.29, 1.82) is 0 Å². The lowest BCUT2D eigenvalue weighted by Crippen LogP contribution is -2.19. The zero-order chi connectivity index (χ0) is 17.4. The van der Waals surface area contributed by atoms with Gasteiger partial charge in [-0.3, -0.25) is 14.9 Å². The first-order valence-electron chi connectivity index (χ1n) is 7.37. The quantitative estimate of drug-likeness (QED) is 0.480. The number of nitrogens with one attached hydrogen (secondary N) is 1. The van der Waals surface area contributed by atoms with E-state index in [1.165, 1.54) is 18.3 Å². The van der Waals surface area contributed by atoms with Crippen LogP contribution in [0.4, 0.5) is 5.69 Å². The van der Waals surface area contributed by atoms with Crippen LogP contribution in [0.15, 0.2) is 53.6 Å². The van der Waals surface area contributed by atoms with Crippen molar-refractivity contribution in [3.8, 4) is 5.75 Å². The second-order valence-electron chi connectivity index (χ2n) is 4.86. The van der Waals surface area contributed by atoms with Crippen molar-refractivity contribution in [1.82, 2.24) is 5.43 Å². The molecule has 2 aromatic carbocycles. The largest absolute Gasteiger partial charge is 0.493 e. The molecule has 0 saturated heterocycles. The van der Waals surface area contributed by atoms with Gasteiger partial charge in [0.2, 0.25) is 5.91 Å². The minimum absolute atomic E-state index is 0.00953. The minimum atomic E-state index is -0.482. The molecule has 24 heavy (non-hydrogen) atoms. The summed E-state index contributed by atoms with van der Waals surface area (Å²) in [5.41, 5.74) is 3.85. The molecule has 0 bridgehead atoms. The van der Waals surface area contributed by atoms with Crippen molar-refractivity contribution in [2.45, 2.75) is 13.3 Å². The Labute approximate surface area is 139 Å². The third kappa shape index (κ3) is 4.91. The number of nitro groups is 1. The fourth-order valence-corrected chi connectivity index (χ4v) is 2.01. The molecule has 0 aliphatic carbocycles. The molecule has 1 N–H and O–H groups in total. The Kier molecular flexibility index (Phi) is 6.01. The van der Waals surface area contributed by atoms with Gasteiger partial charge in [-0.1, -0.05) is 24.3 Å². The van der Waals surface area contributed by atoms with Crippen LogP contribution in [-0.2, 0) is 11.2 Å². The molecule has 0 aromatic heterocycles. The highest BCUT2D eigenvalue weighted by atomic mass is 16.6. The van der Waals surface area contributed by atoms with Crippen LogP contribution >= 0.6 is 0 Å². The molecule has 1 amide bonds. The van der Waals surface area contributed by atoms with Crippen LogP contribution in [0.5, 0.6) is 5.75 Å². The summed E-state index contributed by atoms with van der Waals surface area (Å²) < 4.78 is 5.46. The highest BCUT2D eigenvalue weighted by Gasteiger charge is 2.07. The number of non-ortho nitro benzene ring substituents is 1. The van der Waals surface area contributed by atoms with Gasteiger partial charge in [-0.05, 0) is 24.6 Å². The van der Waals surface area contributed by atoms with Gasteiger partial charge in [-0.15, -0.1) is 0 Å². The van der Waals surface area contributed by atoms with Gasteiger partial charge in [0.05, 0.1) is 24.2 Å². The monoisotopic (exact) mass is 327 g/mol. The van der Waals surface area contributed by atoms with Gasteiger partial charge in [0.25, 0.3) is 5.69 Å². The van der Waals surface area contributed by atoms with Gasteiger partial charge in [0, 0.05) is 17.7 Å². The number of ether oxygens (including phenoxy) is 1. The highest BCUT2D eigenvalue weighted by Crippen LogP contribution is 2.15. The Bertz CT molecular complexity index is 742. The summed E-state index contributed by atoms with van der Waals surface area (Å²) >= 11 is 0. The predicted octanol–water partition coefficient (Wildman–Crippen LogP) is 2.69. The lowest BCUT2D eigenvalue weighted by Gasteiger charge is -2.05. The lowest BCUT2D eigenvalue weighted by atomic mass is 10.1. The zero-order valence-electron chi connectivity index (χ0n) is 13.1. The molecule has 124 valence electrons. The molecule has 2 aromatic rings. The minimum Gasteiger partial charge on any atom is -0.493 e. The average molecular weight is 327 g/mol. The zero-order valence-corrected chi connectivity index (χ0v) is 13.1. The van der Waals surface area contributed by atoms with Crippen molar-refractivity contribution in [3.05, 3.63) is 69.8 Å². The van der Waals surface area contributed by atoms with E-state index in [1.807, 2.05) is 31.2 Å². The number of amides is 1. The smallest absolute Gasteiger partial charge is 0.269 e. The summed E-state index contributed by atoms with van der Waals surface area (Å²) in [6.45, 7) is 2.43. The Morgan fingerprint density at radius 2 is 1.96 bits per heavy atom. The summed E-state index contributed by atoms with van der Waals surface area (Å²) in [6, 6.07) is 13.2. The van der Waals surface area contributed by atoms with Crippen molar-refractivity contribution in [2.24, 2.45) is 5.10 Å². The molecule has 0 aliphatic heterocycles. The van der Waals surface area contributed by atoms with Gasteiger partial charge in [-0.2, -0.15) is 5.10 Å². The van der Waals surface area contributed by atoms with Crippen molar-refractivity contribution in [2.75, 3.05) is 6.61 Å². The molecule has 0 radical (unpaired) electrons. The summed E-state index contributed by atoms with van der Waals surface area (Å²) in [5.74, 6) is 0.377. The molecule has 0 atom stereocenters. The maximum atomic E-state index is 11.8. The van der Waals surface area contributed by atoms with Gasteiger partial charge < -0.3 is 4.74 Å². The number of nitrogens with zero attached hydrogens (tertiary/aromatic N) is 2. The van der Waals surface area contributed by atoms with E-state index in [2.05, 4.69) is 10.5 Å². The Hall–Kier alpha value is -3.22. The van der Waals surface area contributed by atoms with E-state index in [4.69, 9.17) is 4.74 Å². The Balaban J connectivity index is 1.92. The number of benzene rings is 2. The van der Waals surface area contributed by atoms with Crippen LogP contribution in [0.2, 0.25) is 0 Å². The average Bonchev–Trinajstić information content (AvgIpc) is 2.57. The molecular weight excluding hydrogens is 310 g/mol.